The number of aryl methyl sites for hydroxylation is 1. The van der Waals surface area contributed by atoms with Crippen molar-refractivity contribution in [1.29, 1.82) is 0 Å². The monoisotopic (exact) mass is 456 g/mol. The van der Waals surface area contributed by atoms with Crippen molar-refractivity contribution in [3.05, 3.63) is 42.2 Å². The van der Waals surface area contributed by atoms with Crippen LogP contribution in [-0.2, 0) is 6.42 Å². The molecule has 2 rings (SSSR count). The maximum absolute atomic E-state index is 14.3. The summed E-state index contributed by atoms with van der Waals surface area (Å²) in [6.45, 7) is 6.45. The van der Waals surface area contributed by atoms with E-state index in [-0.39, 0.29) is 12.5 Å². The molecule has 33 heavy (non-hydrogen) atoms. The smallest absolute Gasteiger partial charge is 0.159 e. The van der Waals surface area contributed by atoms with Crippen LogP contribution in [0.25, 0.3) is 11.4 Å². The number of benzene rings is 1. The highest BCUT2D eigenvalue weighted by Gasteiger charge is 2.17. The van der Waals surface area contributed by atoms with Crippen molar-refractivity contribution in [1.82, 2.24) is 9.97 Å². The van der Waals surface area contributed by atoms with Gasteiger partial charge in [-0.25, -0.2) is 14.4 Å². The zero-order valence-electron chi connectivity index (χ0n) is 21.2. The molecular weight excluding hydrogens is 411 g/mol. The van der Waals surface area contributed by atoms with Gasteiger partial charge >= 0.3 is 0 Å². The Morgan fingerprint density at radius 3 is 2.00 bits per heavy atom. The summed E-state index contributed by atoms with van der Waals surface area (Å²) in [5, 5.41) is 0. The summed E-state index contributed by atoms with van der Waals surface area (Å²) in [5.74, 6) is 1.21. The second-order valence-electron chi connectivity index (χ2n) is 9.46. The second-order valence-corrected chi connectivity index (χ2v) is 9.46. The third-order valence-corrected chi connectivity index (χ3v) is 6.45. The summed E-state index contributed by atoms with van der Waals surface area (Å²) in [6.07, 6.45) is 18.5. The standard InChI is InChI=1S/C29H45FN2O/c1-4-6-8-9-10-11-12-14-16-25-17-19-26(20-18-25)29-31-21-27(22-32-29)33-23-28(30)24(3)15-13-7-5-2/h17-22,24,28H,4-16,23H2,1-3H3. The summed E-state index contributed by atoms with van der Waals surface area (Å²) < 4.78 is 19.9. The van der Waals surface area contributed by atoms with Crippen molar-refractivity contribution in [3.63, 3.8) is 0 Å². The van der Waals surface area contributed by atoms with Gasteiger partial charge in [-0.15, -0.1) is 0 Å². The lowest BCUT2D eigenvalue weighted by atomic mass is 9.99. The van der Waals surface area contributed by atoms with Crippen LogP contribution < -0.4 is 4.74 Å². The summed E-state index contributed by atoms with van der Waals surface area (Å²) in [4.78, 5) is 8.84. The normalized spacial score (nSPS) is 13.1. The lowest BCUT2D eigenvalue weighted by molar-refractivity contribution is 0.141. The van der Waals surface area contributed by atoms with Crippen LogP contribution >= 0.6 is 0 Å². The molecule has 2 aromatic rings. The third-order valence-electron chi connectivity index (χ3n) is 6.45. The van der Waals surface area contributed by atoms with Gasteiger partial charge in [0.15, 0.2) is 11.6 Å². The van der Waals surface area contributed by atoms with Gasteiger partial charge < -0.3 is 4.74 Å². The summed E-state index contributed by atoms with van der Waals surface area (Å²) in [6, 6.07) is 8.53. The van der Waals surface area contributed by atoms with Gasteiger partial charge in [0, 0.05) is 5.56 Å². The maximum atomic E-state index is 14.3. The topological polar surface area (TPSA) is 35.0 Å². The van der Waals surface area contributed by atoms with E-state index in [0.717, 1.165) is 37.7 Å². The highest BCUT2D eigenvalue weighted by Crippen LogP contribution is 2.20. The highest BCUT2D eigenvalue weighted by molar-refractivity contribution is 5.55. The Labute approximate surface area is 201 Å². The van der Waals surface area contributed by atoms with Crippen LogP contribution in [0.5, 0.6) is 5.75 Å². The Morgan fingerprint density at radius 1 is 0.788 bits per heavy atom. The van der Waals surface area contributed by atoms with E-state index < -0.39 is 6.17 Å². The number of rotatable bonds is 18. The molecule has 1 aromatic carbocycles. The summed E-state index contributed by atoms with van der Waals surface area (Å²) in [7, 11) is 0. The number of halogens is 1. The summed E-state index contributed by atoms with van der Waals surface area (Å²) >= 11 is 0. The molecule has 3 nitrogen and oxygen atoms in total. The quantitative estimate of drug-likeness (QED) is 0.210. The Bertz CT molecular complexity index is 732. The van der Waals surface area contributed by atoms with Crippen molar-refractivity contribution in [2.45, 2.75) is 110 Å². The number of alkyl halides is 1. The van der Waals surface area contributed by atoms with Crippen LogP contribution in [0.3, 0.4) is 0 Å². The first-order chi connectivity index (χ1) is 16.1. The molecule has 0 aliphatic carbocycles. The Kier molecular flexibility index (Phi) is 13.7. The Morgan fingerprint density at radius 2 is 1.36 bits per heavy atom. The molecule has 0 saturated heterocycles. The fourth-order valence-corrected chi connectivity index (χ4v) is 4.06. The Balaban J connectivity index is 1.70. The van der Waals surface area contributed by atoms with Crippen LogP contribution in [0, 0.1) is 5.92 Å². The first-order valence-corrected chi connectivity index (χ1v) is 13.3. The molecule has 0 fully saturated rings. The largest absolute Gasteiger partial charge is 0.487 e. The van der Waals surface area contributed by atoms with E-state index in [2.05, 4.69) is 48.1 Å². The molecule has 0 spiro atoms. The van der Waals surface area contributed by atoms with Crippen molar-refractivity contribution in [2.24, 2.45) is 5.92 Å². The maximum Gasteiger partial charge on any atom is 0.159 e. The highest BCUT2D eigenvalue weighted by atomic mass is 19.1. The SMILES string of the molecule is CCCCCCCCCCc1ccc(-c2ncc(OCC(F)C(C)CCCCC)cn2)cc1. The molecular formula is C29H45FN2O. The van der Waals surface area contributed by atoms with E-state index in [0.29, 0.717) is 11.6 Å². The van der Waals surface area contributed by atoms with Gasteiger partial charge in [-0.3, -0.25) is 0 Å². The van der Waals surface area contributed by atoms with E-state index in [4.69, 9.17) is 4.74 Å². The average Bonchev–Trinajstić information content (AvgIpc) is 2.85. The molecule has 0 bridgehead atoms. The fraction of sp³-hybridized carbons (Fsp3) is 0.655. The lowest BCUT2D eigenvalue weighted by Crippen LogP contribution is -2.21. The van der Waals surface area contributed by atoms with Gasteiger partial charge in [-0.2, -0.15) is 0 Å². The molecule has 0 amide bonds. The van der Waals surface area contributed by atoms with Crippen LogP contribution in [0.4, 0.5) is 4.39 Å². The predicted octanol–water partition coefficient (Wildman–Crippen LogP) is 8.76. The average molecular weight is 457 g/mol. The minimum Gasteiger partial charge on any atom is -0.487 e. The number of unbranched alkanes of at least 4 members (excludes halogenated alkanes) is 9. The second kappa shape index (κ2) is 16.6. The first-order valence-electron chi connectivity index (χ1n) is 13.3. The summed E-state index contributed by atoms with van der Waals surface area (Å²) in [5.41, 5.74) is 2.36. The van der Waals surface area contributed by atoms with Crippen LogP contribution in [0.1, 0.15) is 103 Å². The Hall–Kier alpha value is -1.97. The number of aromatic nitrogens is 2. The van der Waals surface area contributed by atoms with Gasteiger partial charge in [0.2, 0.25) is 0 Å². The molecule has 1 aromatic heterocycles. The molecule has 1 heterocycles. The number of hydrogen-bond donors (Lipinski definition) is 0. The molecule has 0 saturated carbocycles. The van der Waals surface area contributed by atoms with Crippen molar-refractivity contribution in [2.75, 3.05) is 6.61 Å². The number of nitrogens with zero attached hydrogens (tertiary/aromatic N) is 2. The fourth-order valence-electron chi connectivity index (χ4n) is 4.06. The predicted molar refractivity (Wildman–Crippen MR) is 137 cm³/mol. The van der Waals surface area contributed by atoms with Crippen molar-refractivity contribution >= 4 is 0 Å². The molecule has 0 N–H and O–H groups in total. The number of hydrogen-bond acceptors (Lipinski definition) is 3. The first kappa shape index (κ1) is 27.3. The van der Waals surface area contributed by atoms with E-state index in [1.807, 2.05) is 6.92 Å². The van der Waals surface area contributed by atoms with Gasteiger partial charge in [0.25, 0.3) is 0 Å². The van der Waals surface area contributed by atoms with Crippen LogP contribution in [0.2, 0.25) is 0 Å². The minimum atomic E-state index is -0.963. The minimum absolute atomic E-state index is 0.0149. The van der Waals surface area contributed by atoms with Gasteiger partial charge in [0.1, 0.15) is 12.8 Å². The van der Waals surface area contributed by atoms with Crippen LogP contribution in [0.15, 0.2) is 36.7 Å². The van der Waals surface area contributed by atoms with Crippen molar-refractivity contribution < 1.29 is 9.13 Å². The zero-order chi connectivity index (χ0) is 23.7. The molecule has 0 aliphatic rings. The van der Waals surface area contributed by atoms with Gasteiger partial charge in [-0.1, -0.05) is 109 Å². The molecule has 0 radical (unpaired) electrons. The number of ether oxygens (including phenoxy) is 1. The van der Waals surface area contributed by atoms with Gasteiger partial charge in [-0.05, 0) is 30.7 Å². The van der Waals surface area contributed by atoms with Crippen LogP contribution in [-0.4, -0.2) is 22.7 Å². The molecule has 0 aliphatic heterocycles. The van der Waals surface area contributed by atoms with Crippen molar-refractivity contribution in [3.8, 4) is 17.1 Å². The molecule has 2 atom stereocenters. The van der Waals surface area contributed by atoms with Gasteiger partial charge in [0.05, 0.1) is 12.4 Å². The van der Waals surface area contributed by atoms with E-state index >= 15 is 0 Å². The zero-order valence-corrected chi connectivity index (χ0v) is 21.2. The van der Waals surface area contributed by atoms with E-state index in [1.165, 1.54) is 56.9 Å². The molecule has 184 valence electrons. The lowest BCUT2D eigenvalue weighted by Gasteiger charge is -2.17. The molecule has 4 heteroatoms. The molecule has 2 unspecified atom stereocenters. The van der Waals surface area contributed by atoms with E-state index in [1.54, 1.807) is 12.4 Å². The third kappa shape index (κ3) is 11.1. The van der Waals surface area contributed by atoms with E-state index in [9.17, 15) is 4.39 Å².